The highest BCUT2D eigenvalue weighted by molar-refractivity contribution is 7.92. The van der Waals surface area contributed by atoms with Gasteiger partial charge in [-0.2, -0.15) is 0 Å². The van der Waals surface area contributed by atoms with Crippen LogP contribution in [0.2, 0.25) is 5.02 Å². The van der Waals surface area contributed by atoms with Gasteiger partial charge >= 0.3 is 0 Å². The fraction of sp³-hybridized carbons (Fsp3) is 0.394. The van der Waals surface area contributed by atoms with Gasteiger partial charge in [-0.3, -0.25) is 13.9 Å². The molecule has 3 aromatic rings. The van der Waals surface area contributed by atoms with Crippen LogP contribution < -0.4 is 28.6 Å². The number of nitrogens with zero attached hydrogens (tertiary/aromatic N) is 2. The van der Waals surface area contributed by atoms with Crippen LogP contribution in [0.25, 0.3) is 0 Å². The number of unbranched alkanes of at least 4 members (excludes halogenated alkanes) is 1. The molecule has 11 nitrogen and oxygen atoms in total. The molecule has 250 valence electrons. The Hall–Kier alpha value is -4.16. The summed E-state index contributed by atoms with van der Waals surface area (Å²) in [7, 11) is 1.21. The average molecular weight is 676 g/mol. The van der Waals surface area contributed by atoms with E-state index < -0.39 is 28.5 Å². The molecule has 0 aliphatic rings. The maximum absolute atomic E-state index is 14.4. The third-order valence-electron chi connectivity index (χ3n) is 7.39. The Morgan fingerprint density at radius 3 is 2.15 bits per heavy atom. The van der Waals surface area contributed by atoms with Crippen molar-refractivity contribution in [2.24, 2.45) is 0 Å². The Bertz CT molecular complexity index is 1600. The molecule has 0 saturated heterocycles. The Labute approximate surface area is 276 Å². The van der Waals surface area contributed by atoms with Crippen LogP contribution in [0.5, 0.6) is 23.0 Å². The van der Waals surface area contributed by atoms with Crippen LogP contribution >= 0.6 is 11.6 Å². The van der Waals surface area contributed by atoms with Crippen LogP contribution in [0.15, 0.2) is 65.6 Å². The minimum atomic E-state index is -4.46. The summed E-state index contributed by atoms with van der Waals surface area (Å²) < 4.78 is 51.4. The number of hydrogen-bond acceptors (Lipinski definition) is 8. The molecule has 0 radical (unpaired) electrons. The smallest absolute Gasteiger partial charge is 0.265 e. The molecule has 3 rings (SSSR count). The lowest BCUT2D eigenvalue weighted by Crippen LogP contribution is -2.52. The van der Waals surface area contributed by atoms with Gasteiger partial charge in [0.05, 0.1) is 39.0 Å². The summed E-state index contributed by atoms with van der Waals surface area (Å²) in [5.74, 6) is 0.0532. The lowest BCUT2D eigenvalue weighted by molar-refractivity contribution is -0.140. The van der Waals surface area contributed by atoms with Crippen molar-refractivity contribution in [3.8, 4) is 23.0 Å². The predicted molar refractivity (Wildman–Crippen MR) is 178 cm³/mol. The van der Waals surface area contributed by atoms with Gasteiger partial charge in [-0.1, -0.05) is 50.1 Å². The predicted octanol–water partition coefficient (Wildman–Crippen LogP) is 5.29. The second-order valence-corrected chi connectivity index (χ2v) is 12.5. The SMILES string of the molecule is CCCCNC(=O)C(CC)N(Cc1ccccc1Cl)C(=O)CN(c1cc(OC)ccc1OC)S(=O)(=O)c1ccc(OC)c(OC)c1. The van der Waals surface area contributed by atoms with Crippen molar-refractivity contribution < 1.29 is 37.0 Å². The van der Waals surface area contributed by atoms with E-state index in [9.17, 15) is 18.0 Å². The Balaban J connectivity index is 2.18. The molecule has 0 aliphatic heterocycles. The standard InChI is InChI=1S/C33H42ClN3O8S/c1-7-9-18-35-33(39)27(8-2)36(21-23-12-10-11-13-26(23)34)32(38)22-37(28-19-24(42-3)14-16-29(28)43-4)46(40,41)25-15-17-30(44-5)31(20-25)45-6/h10-17,19-20,27H,7-9,18,21-22H2,1-6H3,(H,35,39). The highest BCUT2D eigenvalue weighted by Gasteiger charge is 2.35. The normalized spacial score (nSPS) is 11.7. The Kier molecular flexibility index (Phi) is 13.4. The molecule has 0 bridgehead atoms. The maximum Gasteiger partial charge on any atom is 0.265 e. The quantitative estimate of drug-likeness (QED) is 0.192. The zero-order valence-corrected chi connectivity index (χ0v) is 28.6. The van der Waals surface area contributed by atoms with Gasteiger partial charge in [0, 0.05) is 30.2 Å². The van der Waals surface area contributed by atoms with E-state index in [4.69, 9.17) is 30.5 Å². The first-order valence-electron chi connectivity index (χ1n) is 14.8. The van der Waals surface area contributed by atoms with E-state index in [1.165, 1.54) is 57.6 Å². The number of ether oxygens (including phenoxy) is 4. The summed E-state index contributed by atoms with van der Waals surface area (Å²) in [6, 6.07) is 14.9. The number of carbonyl (C=O) groups is 2. The molecule has 0 aliphatic carbocycles. The Morgan fingerprint density at radius 1 is 0.870 bits per heavy atom. The van der Waals surface area contributed by atoms with Gasteiger partial charge in [0.15, 0.2) is 11.5 Å². The van der Waals surface area contributed by atoms with Crippen molar-refractivity contribution in [2.45, 2.75) is 50.6 Å². The average Bonchev–Trinajstić information content (AvgIpc) is 3.07. The number of sulfonamides is 1. The number of anilines is 1. The molecule has 46 heavy (non-hydrogen) atoms. The molecule has 0 fully saturated rings. The number of hydrogen-bond donors (Lipinski definition) is 1. The van der Waals surface area contributed by atoms with Crippen molar-refractivity contribution in [1.29, 1.82) is 0 Å². The monoisotopic (exact) mass is 675 g/mol. The van der Waals surface area contributed by atoms with E-state index in [1.54, 1.807) is 43.3 Å². The molecule has 2 amide bonds. The first-order valence-corrected chi connectivity index (χ1v) is 16.6. The van der Waals surface area contributed by atoms with Gasteiger partial charge in [-0.15, -0.1) is 0 Å². The van der Waals surface area contributed by atoms with Crippen molar-refractivity contribution in [1.82, 2.24) is 10.2 Å². The molecule has 0 saturated carbocycles. The third kappa shape index (κ3) is 8.55. The maximum atomic E-state index is 14.4. The molecule has 1 atom stereocenters. The fourth-order valence-corrected chi connectivity index (χ4v) is 6.47. The number of halogens is 1. The molecule has 1 unspecified atom stereocenters. The second kappa shape index (κ2) is 17.0. The highest BCUT2D eigenvalue weighted by atomic mass is 35.5. The van der Waals surface area contributed by atoms with Crippen LogP contribution in [0.3, 0.4) is 0 Å². The van der Waals surface area contributed by atoms with Crippen molar-refractivity contribution in [3.63, 3.8) is 0 Å². The van der Waals surface area contributed by atoms with Crippen LogP contribution in [0, 0.1) is 0 Å². The Morgan fingerprint density at radius 2 is 1.54 bits per heavy atom. The number of carbonyl (C=O) groups excluding carboxylic acids is 2. The summed E-state index contributed by atoms with van der Waals surface area (Å²) in [6.07, 6.45) is 1.93. The molecule has 1 N–H and O–H groups in total. The van der Waals surface area contributed by atoms with Crippen LogP contribution in [-0.4, -0.2) is 72.7 Å². The largest absolute Gasteiger partial charge is 0.497 e. The first kappa shape index (κ1) is 36.3. The van der Waals surface area contributed by atoms with E-state index in [0.717, 1.165) is 17.1 Å². The molecule has 0 aromatic heterocycles. The van der Waals surface area contributed by atoms with E-state index in [1.807, 2.05) is 6.92 Å². The molecule has 0 spiro atoms. The van der Waals surface area contributed by atoms with Crippen molar-refractivity contribution in [3.05, 3.63) is 71.2 Å². The zero-order valence-electron chi connectivity index (χ0n) is 27.0. The third-order valence-corrected chi connectivity index (χ3v) is 9.52. The molecule has 0 heterocycles. The van der Waals surface area contributed by atoms with E-state index in [0.29, 0.717) is 28.6 Å². The van der Waals surface area contributed by atoms with Crippen LogP contribution in [-0.2, 0) is 26.2 Å². The van der Waals surface area contributed by atoms with Gasteiger partial charge in [-0.25, -0.2) is 8.42 Å². The van der Waals surface area contributed by atoms with Crippen molar-refractivity contribution in [2.75, 3.05) is 45.8 Å². The van der Waals surface area contributed by atoms with Gasteiger partial charge in [0.1, 0.15) is 24.1 Å². The lowest BCUT2D eigenvalue weighted by Gasteiger charge is -2.33. The topological polar surface area (TPSA) is 124 Å². The molecular weight excluding hydrogens is 634 g/mol. The van der Waals surface area contributed by atoms with E-state index >= 15 is 0 Å². The van der Waals surface area contributed by atoms with E-state index in [2.05, 4.69) is 5.32 Å². The first-order chi connectivity index (χ1) is 22.1. The summed E-state index contributed by atoms with van der Waals surface area (Å²) in [5.41, 5.74) is 0.661. The molecule has 3 aromatic carbocycles. The van der Waals surface area contributed by atoms with Gasteiger partial charge in [0.2, 0.25) is 11.8 Å². The number of methoxy groups -OCH3 is 4. The second-order valence-electron chi connectivity index (χ2n) is 10.2. The van der Waals surface area contributed by atoms with Gasteiger partial charge < -0.3 is 29.2 Å². The summed E-state index contributed by atoms with van der Waals surface area (Å²) in [6.45, 7) is 3.54. The minimum Gasteiger partial charge on any atom is -0.497 e. The van der Waals surface area contributed by atoms with E-state index in [-0.39, 0.29) is 41.0 Å². The summed E-state index contributed by atoms with van der Waals surface area (Å²) in [5, 5.41) is 3.32. The fourth-order valence-electron chi connectivity index (χ4n) is 4.85. The minimum absolute atomic E-state index is 0.0301. The summed E-state index contributed by atoms with van der Waals surface area (Å²) in [4.78, 5) is 29.0. The van der Waals surface area contributed by atoms with Crippen LogP contribution in [0.4, 0.5) is 5.69 Å². The number of rotatable bonds is 17. The number of amides is 2. The summed E-state index contributed by atoms with van der Waals surface area (Å²) >= 11 is 6.49. The molecule has 13 heteroatoms. The number of nitrogens with one attached hydrogen (secondary N) is 1. The van der Waals surface area contributed by atoms with Gasteiger partial charge in [-0.05, 0) is 48.7 Å². The molecular formula is C33H42ClN3O8S. The van der Waals surface area contributed by atoms with Crippen LogP contribution in [0.1, 0.15) is 38.7 Å². The van der Waals surface area contributed by atoms with Gasteiger partial charge in [0.25, 0.3) is 10.0 Å². The lowest BCUT2D eigenvalue weighted by atomic mass is 10.1. The zero-order chi connectivity index (χ0) is 33.9. The highest BCUT2D eigenvalue weighted by Crippen LogP contribution is 2.38. The van der Waals surface area contributed by atoms with Crippen molar-refractivity contribution >= 4 is 39.1 Å². The number of benzene rings is 3.